The van der Waals surface area contributed by atoms with Crippen molar-refractivity contribution in [2.75, 3.05) is 44.6 Å². The maximum atomic E-state index is 13.0. The number of nitriles is 1. The summed E-state index contributed by atoms with van der Waals surface area (Å²) in [6.07, 6.45) is 0.480. The standard InChI is InChI=1S/C35H43F3N8O2S2/c1-23(44-12-14-45(15-13-44)50(47,48)29-4-3-5-29)20-46-27(19-39)16-30-24(2)25(6-7-32(30)46)21-43-10-8-26(9-11-43)42-33-31-17-28(18-35(36,37)38)49-34(31)41-22-40-33/h6-7,16-17,22-23,26,29H,3-5,8-15,18,20-21H2,1-2H3,(H,40,41,42). The number of aryl methyl sites for hydroxylation is 1. The second-order valence-electron chi connectivity index (χ2n) is 14.1. The fourth-order valence-electron chi connectivity index (χ4n) is 7.61. The van der Waals surface area contributed by atoms with Crippen molar-refractivity contribution in [3.63, 3.8) is 0 Å². The van der Waals surface area contributed by atoms with Crippen LogP contribution in [0.4, 0.5) is 19.0 Å². The van der Waals surface area contributed by atoms with E-state index < -0.39 is 22.6 Å². The van der Waals surface area contributed by atoms with Gasteiger partial charge in [0.1, 0.15) is 28.7 Å². The van der Waals surface area contributed by atoms with E-state index in [0.29, 0.717) is 54.5 Å². The molecular weight excluding hydrogens is 686 g/mol. The van der Waals surface area contributed by atoms with Crippen molar-refractivity contribution in [3.8, 4) is 6.07 Å². The SMILES string of the molecule is Cc1c(CN2CCC(Nc3ncnc4sc(CC(F)(F)F)cc34)CC2)ccc2c1cc(C#N)n2CC(C)N1CCN(S(=O)(=O)C2CCC2)CC1. The number of likely N-dealkylation sites (tertiary alicyclic amines) is 1. The molecule has 10 nitrogen and oxygen atoms in total. The van der Waals surface area contributed by atoms with Crippen LogP contribution in [0.1, 0.15) is 60.7 Å². The lowest BCUT2D eigenvalue weighted by Crippen LogP contribution is -2.54. The summed E-state index contributed by atoms with van der Waals surface area (Å²) in [5.41, 5.74) is 4.04. The highest BCUT2D eigenvalue weighted by molar-refractivity contribution is 7.89. The number of rotatable bonds is 10. The van der Waals surface area contributed by atoms with Gasteiger partial charge in [0.05, 0.1) is 17.1 Å². The van der Waals surface area contributed by atoms with Crippen molar-refractivity contribution in [2.24, 2.45) is 0 Å². The van der Waals surface area contributed by atoms with Gasteiger partial charge in [-0.1, -0.05) is 12.5 Å². The van der Waals surface area contributed by atoms with Crippen molar-refractivity contribution in [3.05, 3.63) is 52.3 Å². The predicted octanol–water partition coefficient (Wildman–Crippen LogP) is 5.90. The van der Waals surface area contributed by atoms with Crippen molar-refractivity contribution in [2.45, 2.75) is 89.0 Å². The molecule has 1 atom stereocenters. The average Bonchev–Trinajstić information content (AvgIpc) is 3.62. The minimum absolute atomic E-state index is 0.140. The highest BCUT2D eigenvalue weighted by Crippen LogP contribution is 2.34. The smallest absolute Gasteiger partial charge is 0.367 e. The number of alkyl halides is 3. The van der Waals surface area contributed by atoms with Crippen LogP contribution in [0.5, 0.6) is 0 Å². The number of anilines is 1. The van der Waals surface area contributed by atoms with Crippen LogP contribution in [-0.4, -0.2) is 99.8 Å². The van der Waals surface area contributed by atoms with Gasteiger partial charge in [0.15, 0.2) is 0 Å². The Morgan fingerprint density at radius 2 is 1.78 bits per heavy atom. The molecule has 3 fully saturated rings. The van der Waals surface area contributed by atoms with Gasteiger partial charge in [0.2, 0.25) is 10.0 Å². The Kier molecular flexibility index (Phi) is 9.85. The molecule has 15 heteroatoms. The first-order valence-electron chi connectivity index (χ1n) is 17.4. The number of aromatic nitrogens is 3. The largest absolute Gasteiger partial charge is 0.393 e. The van der Waals surface area contributed by atoms with E-state index in [-0.39, 0.29) is 22.2 Å². The quantitative estimate of drug-likeness (QED) is 0.215. The molecule has 1 aliphatic carbocycles. The highest BCUT2D eigenvalue weighted by Gasteiger charge is 2.38. The topological polar surface area (TPSA) is 110 Å². The summed E-state index contributed by atoms with van der Waals surface area (Å²) in [7, 11) is -3.19. The normalized spacial score (nSPS) is 19.9. The van der Waals surface area contributed by atoms with Crippen LogP contribution in [0.25, 0.3) is 21.1 Å². The number of hydrogen-bond acceptors (Lipinski definition) is 9. The van der Waals surface area contributed by atoms with Crippen LogP contribution in [0.15, 0.2) is 30.6 Å². The number of fused-ring (bicyclic) bond motifs is 2. The molecule has 1 N–H and O–H groups in total. The van der Waals surface area contributed by atoms with Gasteiger partial charge in [0.25, 0.3) is 0 Å². The van der Waals surface area contributed by atoms with Gasteiger partial charge in [0, 0.05) is 80.2 Å². The fraction of sp³-hybridized carbons (Fsp3) is 0.571. The predicted molar refractivity (Wildman–Crippen MR) is 190 cm³/mol. The van der Waals surface area contributed by atoms with E-state index in [1.807, 2.05) is 6.07 Å². The molecule has 0 amide bonds. The second-order valence-corrected chi connectivity index (χ2v) is 17.4. The summed E-state index contributed by atoms with van der Waals surface area (Å²) in [5.74, 6) is 0.589. The molecule has 268 valence electrons. The maximum Gasteiger partial charge on any atom is 0.393 e. The summed E-state index contributed by atoms with van der Waals surface area (Å²) in [6, 6.07) is 10.5. The van der Waals surface area contributed by atoms with Gasteiger partial charge in [-0.15, -0.1) is 11.3 Å². The van der Waals surface area contributed by atoms with E-state index in [2.05, 4.69) is 61.7 Å². The summed E-state index contributed by atoms with van der Waals surface area (Å²) in [5, 5.41) is 15.1. The monoisotopic (exact) mass is 728 g/mol. The summed E-state index contributed by atoms with van der Waals surface area (Å²) < 4.78 is 68.5. The lowest BCUT2D eigenvalue weighted by molar-refractivity contribution is -0.126. The van der Waals surface area contributed by atoms with Crippen molar-refractivity contribution in [1.82, 2.24) is 28.6 Å². The van der Waals surface area contributed by atoms with E-state index in [1.54, 1.807) is 10.4 Å². The van der Waals surface area contributed by atoms with Crippen LogP contribution in [-0.2, 0) is 29.5 Å². The number of piperidine rings is 1. The van der Waals surface area contributed by atoms with Crippen LogP contribution < -0.4 is 5.32 Å². The molecule has 0 bridgehead atoms. The van der Waals surface area contributed by atoms with Crippen molar-refractivity contribution >= 4 is 48.3 Å². The summed E-state index contributed by atoms with van der Waals surface area (Å²) in [4.78, 5) is 14.1. The third-order valence-electron chi connectivity index (χ3n) is 10.8. The zero-order valence-corrected chi connectivity index (χ0v) is 30.0. The maximum absolute atomic E-state index is 13.0. The summed E-state index contributed by atoms with van der Waals surface area (Å²) in [6.45, 7) is 9.84. The van der Waals surface area contributed by atoms with Crippen LogP contribution in [0.2, 0.25) is 0 Å². The molecule has 1 unspecified atom stereocenters. The molecule has 0 spiro atoms. The lowest BCUT2D eigenvalue weighted by Gasteiger charge is -2.40. The van der Waals surface area contributed by atoms with Crippen molar-refractivity contribution in [1.29, 1.82) is 5.26 Å². The Morgan fingerprint density at radius 3 is 2.44 bits per heavy atom. The molecule has 3 aliphatic rings. The highest BCUT2D eigenvalue weighted by atomic mass is 32.2. The Hall–Kier alpha value is -3.29. The molecule has 4 aromatic rings. The molecule has 50 heavy (non-hydrogen) atoms. The van der Waals surface area contributed by atoms with Gasteiger partial charge >= 0.3 is 6.18 Å². The molecule has 5 heterocycles. The first-order chi connectivity index (χ1) is 23.9. The van der Waals surface area contributed by atoms with Gasteiger partial charge in [-0.2, -0.15) is 22.7 Å². The third kappa shape index (κ3) is 7.23. The second kappa shape index (κ2) is 14.0. The third-order valence-corrected chi connectivity index (χ3v) is 14.3. The molecule has 0 radical (unpaired) electrons. The number of benzene rings is 1. The van der Waals surface area contributed by atoms with Crippen LogP contribution in [0.3, 0.4) is 0 Å². The Bertz CT molecular complexity index is 2000. The Balaban J connectivity index is 0.965. The lowest BCUT2D eigenvalue weighted by atomic mass is 10.0. The Labute approximate surface area is 294 Å². The van der Waals surface area contributed by atoms with E-state index in [9.17, 15) is 26.9 Å². The zero-order valence-electron chi connectivity index (χ0n) is 28.4. The molecule has 2 aliphatic heterocycles. The van der Waals surface area contributed by atoms with Gasteiger partial charge in [-0.3, -0.25) is 9.80 Å². The number of sulfonamides is 1. The molecule has 1 saturated carbocycles. The molecule has 2 saturated heterocycles. The van der Waals surface area contributed by atoms with Crippen LogP contribution in [0, 0.1) is 18.3 Å². The number of thiophene rings is 1. The zero-order chi connectivity index (χ0) is 35.2. The number of hydrogen-bond donors (Lipinski definition) is 1. The number of nitrogens with zero attached hydrogens (tertiary/aromatic N) is 7. The number of nitrogens with one attached hydrogen (secondary N) is 1. The number of piperazine rings is 1. The first-order valence-corrected chi connectivity index (χ1v) is 19.8. The molecule has 7 rings (SSSR count). The molecule has 3 aromatic heterocycles. The van der Waals surface area contributed by atoms with Gasteiger partial charge in [-0.05, 0) is 68.9 Å². The Morgan fingerprint density at radius 1 is 1.04 bits per heavy atom. The molecule has 1 aromatic carbocycles. The van der Waals surface area contributed by atoms with E-state index in [1.165, 1.54) is 11.9 Å². The first kappa shape index (κ1) is 35.1. The van der Waals surface area contributed by atoms with Crippen molar-refractivity contribution < 1.29 is 21.6 Å². The van der Waals surface area contributed by atoms with E-state index >= 15 is 0 Å². The van der Waals surface area contributed by atoms with E-state index in [0.717, 1.165) is 79.5 Å². The minimum atomic E-state index is -4.27. The average molecular weight is 729 g/mol. The van der Waals surface area contributed by atoms with Gasteiger partial charge < -0.3 is 9.88 Å². The number of halogens is 3. The van der Waals surface area contributed by atoms with Crippen LogP contribution >= 0.6 is 11.3 Å². The molecular formula is C35H43F3N8O2S2. The summed E-state index contributed by atoms with van der Waals surface area (Å²) >= 11 is 1.06. The van der Waals surface area contributed by atoms with E-state index in [4.69, 9.17) is 0 Å². The minimum Gasteiger partial charge on any atom is -0.367 e. The fourth-order valence-corrected chi connectivity index (χ4v) is 10.7. The van der Waals surface area contributed by atoms with Gasteiger partial charge in [-0.25, -0.2) is 18.4 Å².